The number of nitrogens with one attached hydrogen (secondary N) is 1. The van der Waals surface area contributed by atoms with Gasteiger partial charge in [-0.1, -0.05) is 16.8 Å². The van der Waals surface area contributed by atoms with E-state index >= 15 is 0 Å². The van der Waals surface area contributed by atoms with Crippen molar-refractivity contribution < 1.29 is 14.1 Å². The van der Waals surface area contributed by atoms with Crippen molar-refractivity contribution in [1.82, 2.24) is 25.4 Å². The molecule has 0 saturated carbocycles. The lowest BCUT2D eigenvalue weighted by Crippen LogP contribution is -2.48. The maximum atomic E-state index is 11.7. The lowest BCUT2D eigenvalue weighted by Gasteiger charge is -2.27. The zero-order valence-corrected chi connectivity index (χ0v) is 14.3. The first kappa shape index (κ1) is 16.4. The molecule has 2 aromatic heterocycles. The quantitative estimate of drug-likeness (QED) is 0.870. The van der Waals surface area contributed by atoms with Crippen LogP contribution >= 0.6 is 11.6 Å². The Morgan fingerprint density at radius 1 is 1.50 bits per heavy atom. The van der Waals surface area contributed by atoms with Crippen LogP contribution in [0.3, 0.4) is 0 Å². The van der Waals surface area contributed by atoms with Crippen LogP contribution in [-0.2, 0) is 10.3 Å². The van der Waals surface area contributed by atoms with E-state index in [2.05, 4.69) is 25.4 Å². The normalized spacial score (nSPS) is 20.2. The molecule has 0 aliphatic carbocycles. The number of nitrogens with zero attached hydrogens (tertiary/aromatic N) is 5. The Bertz CT molecular complexity index is 767. The third-order valence-electron chi connectivity index (χ3n) is 3.83. The molecule has 3 heterocycles. The van der Waals surface area contributed by atoms with Crippen LogP contribution in [0.2, 0.25) is 5.02 Å². The fraction of sp³-hybridized carbons (Fsp3) is 0.500. The molecular formula is C14H17ClN6O3. The van der Waals surface area contributed by atoms with Gasteiger partial charge in [-0.2, -0.15) is 9.97 Å². The van der Waals surface area contributed by atoms with Crippen molar-refractivity contribution in [2.75, 3.05) is 25.1 Å². The molecule has 1 N–H and O–H groups in total. The molecule has 10 heteroatoms. The number of hydrogen-bond donors (Lipinski definition) is 1. The van der Waals surface area contributed by atoms with E-state index in [0.29, 0.717) is 42.1 Å². The van der Waals surface area contributed by atoms with E-state index in [1.54, 1.807) is 6.92 Å². The molecule has 0 bridgehead atoms. The van der Waals surface area contributed by atoms with Gasteiger partial charge in [0.2, 0.25) is 11.8 Å². The Morgan fingerprint density at radius 2 is 2.29 bits per heavy atom. The first-order valence-corrected chi connectivity index (χ1v) is 7.72. The van der Waals surface area contributed by atoms with Crippen LogP contribution in [0.1, 0.15) is 25.1 Å². The summed E-state index contributed by atoms with van der Waals surface area (Å²) in [5, 5.41) is 7.34. The third kappa shape index (κ3) is 2.99. The molecule has 0 spiro atoms. The molecule has 1 saturated heterocycles. The van der Waals surface area contributed by atoms with Gasteiger partial charge in [-0.25, -0.2) is 4.98 Å². The molecule has 1 amide bonds. The number of aromatic nitrogens is 4. The van der Waals surface area contributed by atoms with Crippen LogP contribution in [-0.4, -0.2) is 46.2 Å². The number of anilines is 1. The number of aryl methyl sites for hydroxylation is 1. The Kier molecular flexibility index (Phi) is 4.27. The zero-order valence-electron chi connectivity index (χ0n) is 13.5. The second kappa shape index (κ2) is 6.23. The number of carbonyl (C=O) groups is 1. The highest BCUT2D eigenvalue weighted by atomic mass is 35.5. The van der Waals surface area contributed by atoms with Crippen molar-refractivity contribution in [3.63, 3.8) is 0 Å². The number of hydrogen-bond acceptors (Lipinski definition) is 8. The molecular weight excluding hydrogens is 336 g/mol. The van der Waals surface area contributed by atoms with Gasteiger partial charge in [-0.15, -0.1) is 0 Å². The molecule has 1 aliphatic heterocycles. The van der Waals surface area contributed by atoms with Crippen molar-refractivity contribution in [1.29, 1.82) is 0 Å². The minimum atomic E-state index is -0.759. The average molecular weight is 353 g/mol. The van der Waals surface area contributed by atoms with E-state index in [1.165, 1.54) is 20.2 Å². The molecule has 0 unspecified atom stereocenters. The second-order valence-corrected chi connectivity index (χ2v) is 6.01. The van der Waals surface area contributed by atoms with Crippen LogP contribution in [0.25, 0.3) is 0 Å². The van der Waals surface area contributed by atoms with Gasteiger partial charge in [0.05, 0.1) is 19.9 Å². The van der Waals surface area contributed by atoms with Crippen molar-refractivity contribution in [2.45, 2.75) is 25.8 Å². The lowest BCUT2D eigenvalue weighted by molar-refractivity contribution is -0.120. The van der Waals surface area contributed by atoms with Crippen LogP contribution in [0, 0.1) is 6.92 Å². The smallest absolute Gasteiger partial charge is 0.318 e. The SMILES string of the molecule is COc1ncc(Cl)c(N2CC[C@@](NC(C)=O)(c3noc(C)n3)C2)n1. The Hall–Kier alpha value is -2.42. The number of methoxy groups -OCH3 is 1. The summed E-state index contributed by atoms with van der Waals surface area (Å²) in [7, 11) is 1.49. The van der Waals surface area contributed by atoms with Gasteiger partial charge in [0, 0.05) is 20.4 Å². The van der Waals surface area contributed by atoms with Gasteiger partial charge >= 0.3 is 6.01 Å². The fourth-order valence-corrected chi connectivity index (χ4v) is 3.03. The molecule has 1 fully saturated rings. The lowest BCUT2D eigenvalue weighted by atomic mass is 9.97. The minimum Gasteiger partial charge on any atom is -0.467 e. The first-order chi connectivity index (χ1) is 11.4. The van der Waals surface area contributed by atoms with E-state index in [0.717, 1.165) is 0 Å². The van der Waals surface area contributed by atoms with Crippen molar-refractivity contribution in [3.8, 4) is 6.01 Å². The van der Waals surface area contributed by atoms with E-state index in [4.69, 9.17) is 20.9 Å². The molecule has 1 atom stereocenters. The molecule has 3 rings (SSSR count). The highest BCUT2D eigenvalue weighted by molar-refractivity contribution is 6.32. The summed E-state index contributed by atoms with van der Waals surface area (Å²) < 4.78 is 10.1. The highest BCUT2D eigenvalue weighted by Crippen LogP contribution is 2.35. The van der Waals surface area contributed by atoms with Crippen LogP contribution in [0.5, 0.6) is 6.01 Å². The van der Waals surface area contributed by atoms with E-state index < -0.39 is 5.54 Å². The Balaban J connectivity index is 1.94. The predicted octanol–water partition coefficient (Wildman–Crippen LogP) is 1.07. The van der Waals surface area contributed by atoms with E-state index in [9.17, 15) is 4.79 Å². The number of ether oxygens (including phenoxy) is 1. The summed E-state index contributed by atoms with van der Waals surface area (Å²) in [6.45, 7) is 4.17. The molecule has 0 radical (unpaired) electrons. The molecule has 2 aromatic rings. The molecule has 1 aliphatic rings. The van der Waals surface area contributed by atoms with Crippen LogP contribution < -0.4 is 15.0 Å². The molecule has 0 aromatic carbocycles. The van der Waals surface area contributed by atoms with Gasteiger partial charge in [0.25, 0.3) is 0 Å². The maximum absolute atomic E-state index is 11.7. The van der Waals surface area contributed by atoms with Crippen molar-refractivity contribution >= 4 is 23.3 Å². The highest BCUT2D eigenvalue weighted by Gasteiger charge is 2.45. The standard InChI is InChI=1S/C14H17ClN6O3/c1-8(22)19-14(12-17-9(2)24-20-12)4-5-21(7-14)11-10(15)6-16-13(18-11)23-3/h6H,4-5,7H2,1-3H3,(H,19,22)/t14-/m0/s1. The second-order valence-electron chi connectivity index (χ2n) is 5.60. The monoisotopic (exact) mass is 352 g/mol. The van der Waals surface area contributed by atoms with Crippen molar-refractivity contribution in [3.05, 3.63) is 22.9 Å². The predicted molar refractivity (Wildman–Crippen MR) is 85.0 cm³/mol. The summed E-state index contributed by atoms with van der Waals surface area (Å²) in [6.07, 6.45) is 2.08. The first-order valence-electron chi connectivity index (χ1n) is 7.34. The van der Waals surface area contributed by atoms with Crippen LogP contribution in [0.15, 0.2) is 10.7 Å². The van der Waals surface area contributed by atoms with Gasteiger partial charge in [0.1, 0.15) is 10.6 Å². The molecule has 9 nitrogen and oxygen atoms in total. The van der Waals surface area contributed by atoms with Gasteiger partial charge in [-0.05, 0) is 6.42 Å². The van der Waals surface area contributed by atoms with Crippen LogP contribution in [0.4, 0.5) is 5.82 Å². The average Bonchev–Trinajstić information content (AvgIpc) is 3.15. The van der Waals surface area contributed by atoms with Crippen molar-refractivity contribution in [2.24, 2.45) is 0 Å². The number of carbonyl (C=O) groups excluding carboxylic acids is 1. The number of amides is 1. The summed E-state index contributed by atoms with van der Waals surface area (Å²) in [5.41, 5.74) is -0.759. The molecule has 128 valence electrons. The number of halogens is 1. The topological polar surface area (TPSA) is 106 Å². The number of rotatable bonds is 4. The summed E-state index contributed by atoms with van der Waals surface area (Å²) in [6, 6.07) is 0.224. The largest absolute Gasteiger partial charge is 0.467 e. The maximum Gasteiger partial charge on any atom is 0.318 e. The van der Waals surface area contributed by atoms with E-state index in [-0.39, 0.29) is 11.9 Å². The summed E-state index contributed by atoms with van der Waals surface area (Å²) in [5.74, 6) is 1.24. The Labute approximate surface area is 143 Å². The summed E-state index contributed by atoms with van der Waals surface area (Å²) >= 11 is 6.22. The van der Waals surface area contributed by atoms with Gasteiger partial charge < -0.3 is 19.5 Å². The van der Waals surface area contributed by atoms with E-state index in [1.807, 2.05) is 4.90 Å². The fourth-order valence-electron chi connectivity index (χ4n) is 2.82. The molecule has 24 heavy (non-hydrogen) atoms. The third-order valence-corrected chi connectivity index (χ3v) is 4.09. The Morgan fingerprint density at radius 3 is 2.92 bits per heavy atom. The van der Waals surface area contributed by atoms with Gasteiger partial charge in [-0.3, -0.25) is 4.79 Å². The van der Waals surface area contributed by atoms with Gasteiger partial charge in [0.15, 0.2) is 11.6 Å². The zero-order chi connectivity index (χ0) is 17.3. The minimum absolute atomic E-state index is 0.175. The summed E-state index contributed by atoms with van der Waals surface area (Å²) in [4.78, 5) is 26.2.